The molecule has 1 aliphatic heterocycles. The summed E-state index contributed by atoms with van der Waals surface area (Å²) >= 11 is 1.53. The van der Waals surface area contributed by atoms with E-state index in [1.165, 1.54) is 11.3 Å². The molecule has 1 saturated heterocycles. The molecule has 7 heteroatoms. The number of carbonyl (C=O) groups is 1. The van der Waals surface area contributed by atoms with Gasteiger partial charge in [0.2, 0.25) is 5.89 Å². The molecular weight excluding hydrogens is 302 g/mol. The second-order valence-electron chi connectivity index (χ2n) is 5.67. The van der Waals surface area contributed by atoms with Gasteiger partial charge >= 0.3 is 0 Å². The summed E-state index contributed by atoms with van der Waals surface area (Å²) in [5.41, 5.74) is 0.782. The summed E-state index contributed by atoms with van der Waals surface area (Å²) in [7, 11) is 0. The van der Waals surface area contributed by atoms with Gasteiger partial charge in [0.1, 0.15) is 6.10 Å². The van der Waals surface area contributed by atoms with Gasteiger partial charge < -0.3 is 14.5 Å². The number of hydrogen-bond donors (Lipinski definition) is 1. The Kier molecular flexibility index (Phi) is 4.26. The Hall–Kier alpha value is -1.73. The lowest BCUT2D eigenvalue weighted by atomic mass is 10.2. The van der Waals surface area contributed by atoms with Crippen molar-refractivity contribution < 1.29 is 13.9 Å². The van der Waals surface area contributed by atoms with E-state index in [0.717, 1.165) is 28.3 Å². The molecule has 1 N–H and O–H groups in total. The van der Waals surface area contributed by atoms with Crippen molar-refractivity contribution in [3.63, 3.8) is 0 Å². The minimum absolute atomic E-state index is 0.0849. The third-order valence-corrected chi connectivity index (χ3v) is 4.58. The van der Waals surface area contributed by atoms with Crippen LogP contribution in [0.3, 0.4) is 0 Å². The summed E-state index contributed by atoms with van der Waals surface area (Å²) in [6, 6.07) is 1.88. The number of hydrogen-bond acceptors (Lipinski definition) is 6. The number of ether oxygens (including phenoxy) is 1. The summed E-state index contributed by atoms with van der Waals surface area (Å²) in [5.74, 6) is 1.22. The molecule has 6 nitrogen and oxygen atoms in total. The first-order valence-corrected chi connectivity index (χ1v) is 8.23. The number of aromatic nitrogens is 2. The van der Waals surface area contributed by atoms with Crippen molar-refractivity contribution in [1.29, 1.82) is 0 Å². The Balaban J connectivity index is 1.76. The molecule has 22 heavy (non-hydrogen) atoms. The van der Waals surface area contributed by atoms with E-state index in [1.807, 2.05) is 26.8 Å². The number of anilines is 1. The second-order valence-corrected chi connectivity index (χ2v) is 6.93. The van der Waals surface area contributed by atoms with Crippen molar-refractivity contribution >= 4 is 22.9 Å². The molecule has 1 aliphatic rings. The van der Waals surface area contributed by atoms with Gasteiger partial charge in [0.15, 0.2) is 0 Å². The van der Waals surface area contributed by atoms with E-state index < -0.39 is 0 Å². The number of nitrogens with one attached hydrogen (secondary N) is 1. The lowest BCUT2D eigenvalue weighted by molar-refractivity contribution is -0.124. The van der Waals surface area contributed by atoms with Gasteiger partial charge in [-0.05, 0) is 25.8 Å². The number of amides is 1. The molecule has 1 unspecified atom stereocenters. The van der Waals surface area contributed by atoms with Gasteiger partial charge in [-0.3, -0.25) is 4.79 Å². The molecule has 0 spiro atoms. The standard InChI is InChI=1S/C15H19N3O3S/c1-8(2)14-17-18-15(21-14)12-7-10(9(3)22-12)16-13(19)11-5-4-6-20-11/h7-8,11H,4-6H2,1-3H3,(H,16,19). The highest BCUT2D eigenvalue weighted by atomic mass is 32.1. The molecule has 2 aromatic heterocycles. The van der Waals surface area contributed by atoms with Gasteiger partial charge in [-0.2, -0.15) is 0 Å². The Morgan fingerprint density at radius 3 is 2.91 bits per heavy atom. The second kappa shape index (κ2) is 6.18. The highest BCUT2D eigenvalue weighted by molar-refractivity contribution is 7.15. The Morgan fingerprint density at radius 1 is 1.45 bits per heavy atom. The average molecular weight is 321 g/mol. The first kappa shape index (κ1) is 15.2. The molecule has 0 radical (unpaired) electrons. The van der Waals surface area contributed by atoms with Gasteiger partial charge in [-0.25, -0.2) is 0 Å². The molecule has 3 heterocycles. The maximum Gasteiger partial charge on any atom is 0.257 e. The molecule has 1 fully saturated rings. The van der Waals surface area contributed by atoms with Gasteiger partial charge in [0.05, 0.1) is 10.6 Å². The van der Waals surface area contributed by atoms with Crippen LogP contribution in [0.25, 0.3) is 10.8 Å². The molecule has 0 aromatic carbocycles. The van der Waals surface area contributed by atoms with Crippen LogP contribution >= 0.6 is 11.3 Å². The molecule has 0 aliphatic carbocycles. The minimum Gasteiger partial charge on any atom is -0.420 e. The van der Waals surface area contributed by atoms with E-state index in [9.17, 15) is 4.79 Å². The fourth-order valence-electron chi connectivity index (χ4n) is 2.28. The van der Waals surface area contributed by atoms with Crippen molar-refractivity contribution in [2.45, 2.75) is 45.6 Å². The van der Waals surface area contributed by atoms with E-state index in [0.29, 0.717) is 18.4 Å². The van der Waals surface area contributed by atoms with Crippen molar-refractivity contribution in [2.24, 2.45) is 0 Å². The predicted octanol–water partition coefficient (Wildman–Crippen LogP) is 3.35. The molecular formula is C15H19N3O3S. The average Bonchev–Trinajstić information content (AvgIpc) is 3.18. The fourth-order valence-corrected chi connectivity index (χ4v) is 3.17. The SMILES string of the molecule is Cc1sc(-c2nnc(C(C)C)o2)cc1NC(=O)C1CCCO1. The summed E-state index contributed by atoms with van der Waals surface area (Å²) in [6.07, 6.45) is 1.38. The molecule has 3 rings (SSSR count). The van der Waals surface area contributed by atoms with Crippen LogP contribution in [-0.2, 0) is 9.53 Å². The number of rotatable bonds is 4. The van der Waals surface area contributed by atoms with E-state index in [4.69, 9.17) is 9.15 Å². The lowest BCUT2D eigenvalue weighted by Crippen LogP contribution is -2.26. The zero-order chi connectivity index (χ0) is 15.7. The smallest absolute Gasteiger partial charge is 0.257 e. The van der Waals surface area contributed by atoms with Crippen LogP contribution in [0.15, 0.2) is 10.5 Å². The van der Waals surface area contributed by atoms with Crippen LogP contribution in [0.4, 0.5) is 5.69 Å². The predicted molar refractivity (Wildman–Crippen MR) is 84.0 cm³/mol. The summed E-state index contributed by atoms with van der Waals surface area (Å²) in [5, 5.41) is 11.0. The molecule has 0 saturated carbocycles. The topological polar surface area (TPSA) is 77.3 Å². The van der Waals surface area contributed by atoms with Crippen LogP contribution in [0.1, 0.15) is 43.4 Å². The Labute approximate surface area is 132 Å². The molecule has 1 atom stereocenters. The van der Waals surface area contributed by atoms with Crippen LogP contribution in [-0.4, -0.2) is 28.8 Å². The molecule has 0 bridgehead atoms. The fraction of sp³-hybridized carbons (Fsp3) is 0.533. The zero-order valence-electron chi connectivity index (χ0n) is 12.9. The zero-order valence-corrected chi connectivity index (χ0v) is 13.7. The number of aryl methyl sites for hydroxylation is 1. The highest BCUT2D eigenvalue weighted by Crippen LogP contribution is 2.34. The van der Waals surface area contributed by atoms with Crippen LogP contribution < -0.4 is 5.32 Å². The van der Waals surface area contributed by atoms with Gasteiger partial charge in [0, 0.05) is 17.4 Å². The minimum atomic E-state index is -0.335. The summed E-state index contributed by atoms with van der Waals surface area (Å²) < 4.78 is 11.1. The normalized spacial score (nSPS) is 18.1. The first-order valence-electron chi connectivity index (χ1n) is 7.41. The van der Waals surface area contributed by atoms with Crippen molar-refractivity contribution in [2.75, 3.05) is 11.9 Å². The Morgan fingerprint density at radius 2 is 2.27 bits per heavy atom. The third-order valence-electron chi connectivity index (χ3n) is 3.54. The van der Waals surface area contributed by atoms with Crippen molar-refractivity contribution in [1.82, 2.24) is 10.2 Å². The van der Waals surface area contributed by atoms with E-state index >= 15 is 0 Å². The van der Waals surface area contributed by atoms with Crippen molar-refractivity contribution in [3.05, 3.63) is 16.8 Å². The highest BCUT2D eigenvalue weighted by Gasteiger charge is 2.25. The molecule has 118 valence electrons. The van der Waals surface area contributed by atoms with Crippen LogP contribution in [0.5, 0.6) is 0 Å². The number of thiophene rings is 1. The van der Waals surface area contributed by atoms with E-state index in [-0.39, 0.29) is 17.9 Å². The molecule has 2 aromatic rings. The lowest BCUT2D eigenvalue weighted by Gasteiger charge is -2.09. The quantitative estimate of drug-likeness (QED) is 0.934. The van der Waals surface area contributed by atoms with E-state index in [1.54, 1.807) is 0 Å². The van der Waals surface area contributed by atoms with Crippen LogP contribution in [0.2, 0.25) is 0 Å². The maximum atomic E-state index is 12.1. The summed E-state index contributed by atoms with van der Waals surface area (Å²) in [6.45, 7) is 6.62. The monoisotopic (exact) mass is 321 g/mol. The number of carbonyl (C=O) groups excluding carboxylic acids is 1. The summed E-state index contributed by atoms with van der Waals surface area (Å²) in [4.78, 5) is 14.0. The van der Waals surface area contributed by atoms with E-state index in [2.05, 4.69) is 15.5 Å². The van der Waals surface area contributed by atoms with Crippen molar-refractivity contribution in [3.8, 4) is 10.8 Å². The first-order chi connectivity index (χ1) is 10.5. The number of nitrogens with zero attached hydrogens (tertiary/aromatic N) is 2. The van der Waals surface area contributed by atoms with Gasteiger partial charge in [-0.15, -0.1) is 21.5 Å². The largest absolute Gasteiger partial charge is 0.420 e. The third kappa shape index (κ3) is 3.05. The van der Waals surface area contributed by atoms with Crippen LogP contribution in [0, 0.1) is 6.92 Å². The molecule has 1 amide bonds. The van der Waals surface area contributed by atoms with Gasteiger partial charge in [0.25, 0.3) is 11.8 Å². The Bertz CT molecular complexity index is 671. The van der Waals surface area contributed by atoms with Gasteiger partial charge in [-0.1, -0.05) is 13.8 Å². The maximum absolute atomic E-state index is 12.1.